The zero-order valence-electron chi connectivity index (χ0n) is 12.5. The van der Waals surface area contributed by atoms with Gasteiger partial charge in [0.25, 0.3) is 0 Å². The maximum absolute atomic E-state index is 6.14. The van der Waals surface area contributed by atoms with E-state index < -0.39 is 0 Å². The van der Waals surface area contributed by atoms with Gasteiger partial charge in [0.05, 0.1) is 13.2 Å². The Hall–Kier alpha value is -0.690. The lowest BCUT2D eigenvalue weighted by Crippen LogP contribution is -2.52. The number of hydrogen-bond acceptors (Lipinski definition) is 6. The van der Waals surface area contributed by atoms with Crippen LogP contribution < -0.4 is 5.73 Å². The minimum absolute atomic E-state index is 0. The van der Waals surface area contributed by atoms with Crippen LogP contribution in [0.1, 0.15) is 32.0 Å². The number of nitrogens with zero attached hydrogens (tertiary/aromatic N) is 3. The topological polar surface area (TPSA) is 77.4 Å². The third-order valence-electron chi connectivity index (χ3n) is 3.79. The summed E-state index contributed by atoms with van der Waals surface area (Å²) in [6, 6.07) is 0.267. The van der Waals surface area contributed by atoms with Gasteiger partial charge in [-0.3, -0.25) is 4.90 Å². The number of aromatic nitrogens is 2. The highest BCUT2D eigenvalue weighted by molar-refractivity contribution is 5.85. The number of piperidine rings is 1. The van der Waals surface area contributed by atoms with Crippen LogP contribution in [-0.4, -0.2) is 47.9 Å². The van der Waals surface area contributed by atoms with Crippen molar-refractivity contribution >= 4 is 12.4 Å². The number of nitrogens with two attached hydrogens (primary N) is 1. The summed E-state index contributed by atoms with van der Waals surface area (Å²) < 4.78 is 10.3. The zero-order chi connectivity index (χ0) is 13.9. The van der Waals surface area contributed by atoms with Crippen LogP contribution in [0.15, 0.2) is 4.52 Å². The summed E-state index contributed by atoms with van der Waals surface area (Å²) in [5.74, 6) is 1.39. The normalized spacial score (nSPS) is 22.5. The summed E-state index contributed by atoms with van der Waals surface area (Å²) >= 11 is 0. The standard InChI is InChI=1S/C13H24N4O2.ClH/c1-13(2)9-17(6-4-10(13)14)8-12-15-11(16-19-12)5-7-18-3;/h10H,4-9,14H2,1-3H3;1H. The summed E-state index contributed by atoms with van der Waals surface area (Å²) in [6.45, 7) is 7.69. The maximum Gasteiger partial charge on any atom is 0.240 e. The number of rotatable bonds is 5. The molecular formula is C13H25ClN4O2. The van der Waals surface area contributed by atoms with Gasteiger partial charge >= 0.3 is 0 Å². The van der Waals surface area contributed by atoms with Gasteiger partial charge < -0.3 is 15.0 Å². The Labute approximate surface area is 126 Å². The number of halogens is 1. The van der Waals surface area contributed by atoms with Gasteiger partial charge in [-0.05, 0) is 11.8 Å². The molecule has 1 atom stereocenters. The summed E-state index contributed by atoms with van der Waals surface area (Å²) in [6.07, 6.45) is 1.70. The molecule has 6 nitrogen and oxygen atoms in total. The van der Waals surface area contributed by atoms with Gasteiger partial charge in [0.15, 0.2) is 5.82 Å². The van der Waals surface area contributed by atoms with E-state index in [0.717, 1.165) is 19.5 Å². The van der Waals surface area contributed by atoms with Crippen molar-refractivity contribution in [1.82, 2.24) is 15.0 Å². The zero-order valence-corrected chi connectivity index (χ0v) is 13.3. The highest BCUT2D eigenvalue weighted by Gasteiger charge is 2.33. The van der Waals surface area contributed by atoms with Gasteiger partial charge in [-0.1, -0.05) is 19.0 Å². The first-order valence-electron chi connectivity index (χ1n) is 6.79. The molecule has 0 saturated carbocycles. The van der Waals surface area contributed by atoms with Crippen LogP contribution in [0.5, 0.6) is 0 Å². The van der Waals surface area contributed by atoms with E-state index in [2.05, 4.69) is 28.9 Å². The molecule has 116 valence electrons. The van der Waals surface area contributed by atoms with Crippen molar-refractivity contribution in [3.63, 3.8) is 0 Å². The second kappa shape index (κ2) is 7.36. The highest BCUT2D eigenvalue weighted by Crippen LogP contribution is 2.28. The van der Waals surface area contributed by atoms with Gasteiger partial charge in [0.2, 0.25) is 5.89 Å². The lowest BCUT2D eigenvalue weighted by atomic mass is 9.80. The predicted molar refractivity (Wildman–Crippen MR) is 78.8 cm³/mol. The molecule has 1 aliphatic heterocycles. The summed E-state index contributed by atoms with van der Waals surface area (Å²) in [5.41, 5.74) is 6.27. The van der Waals surface area contributed by atoms with Crippen molar-refractivity contribution < 1.29 is 9.26 Å². The van der Waals surface area contributed by atoms with E-state index in [1.807, 2.05) is 0 Å². The third-order valence-corrected chi connectivity index (χ3v) is 3.79. The molecule has 0 amide bonds. The van der Waals surface area contributed by atoms with E-state index in [0.29, 0.717) is 31.3 Å². The van der Waals surface area contributed by atoms with E-state index in [4.69, 9.17) is 15.0 Å². The van der Waals surface area contributed by atoms with Gasteiger partial charge in [0.1, 0.15) is 0 Å². The molecule has 20 heavy (non-hydrogen) atoms. The summed E-state index contributed by atoms with van der Waals surface area (Å²) in [4.78, 5) is 6.71. The Morgan fingerprint density at radius 3 is 2.90 bits per heavy atom. The second-order valence-corrected chi connectivity index (χ2v) is 5.94. The first kappa shape index (κ1) is 17.4. The average Bonchev–Trinajstić information content (AvgIpc) is 2.78. The fraction of sp³-hybridized carbons (Fsp3) is 0.846. The van der Waals surface area contributed by atoms with Gasteiger partial charge in [-0.25, -0.2) is 0 Å². The molecule has 1 fully saturated rings. The largest absolute Gasteiger partial charge is 0.384 e. The van der Waals surface area contributed by atoms with Crippen LogP contribution >= 0.6 is 12.4 Å². The highest BCUT2D eigenvalue weighted by atomic mass is 35.5. The Balaban J connectivity index is 0.00000200. The van der Waals surface area contributed by atoms with Crippen LogP contribution in [0.25, 0.3) is 0 Å². The molecule has 1 saturated heterocycles. The monoisotopic (exact) mass is 304 g/mol. The lowest BCUT2D eigenvalue weighted by molar-refractivity contribution is 0.0811. The molecule has 1 aromatic rings. The van der Waals surface area contributed by atoms with Crippen molar-refractivity contribution in [3.05, 3.63) is 11.7 Å². The molecule has 0 aliphatic carbocycles. The Morgan fingerprint density at radius 2 is 2.25 bits per heavy atom. The molecule has 1 unspecified atom stereocenters. The van der Waals surface area contributed by atoms with Crippen LogP contribution in [0.2, 0.25) is 0 Å². The van der Waals surface area contributed by atoms with E-state index >= 15 is 0 Å². The molecule has 0 bridgehead atoms. The number of hydrogen-bond donors (Lipinski definition) is 1. The van der Waals surface area contributed by atoms with Crippen molar-refractivity contribution in [2.45, 2.75) is 39.3 Å². The van der Waals surface area contributed by atoms with E-state index in [-0.39, 0.29) is 23.9 Å². The molecule has 0 spiro atoms. The molecule has 0 aromatic carbocycles. The first-order valence-corrected chi connectivity index (χ1v) is 6.79. The minimum Gasteiger partial charge on any atom is -0.384 e. The number of likely N-dealkylation sites (tertiary alicyclic amines) is 1. The van der Waals surface area contributed by atoms with Crippen LogP contribution in [0, 0.1) is 5.41 Å². The van der Waals surface area contributed by atoms with Crippen molar-refractivity contribution in [3.8, 4) is 0 Å². The molecule has 0 radical (unpaired) electrons. The summed E-state index contributed by atoms with van der Waals surface area (Å²) in [5, 5.41) is 3.95. The summed E-state index contributed by atoms with van der Waals surface area (Å²) in [7, 11) is 1.67. The minimum atomic E-state index is 0. The molecule has 2 N–H and O–H groups in total. The Bertz CT molecular complexity index is 411. The predicted octanol–water partition coefficient (Wildman–Crippen LogP) is 1.24. The van der Waals surface area contributed by atoms with Gasteiger partial charge in [-0.2, -0.15) is 4.98 Å². The fourth-order valence-electron chi connectivity index (χ4n) is 2.46. The number of ether oxygens (including phenoxy) is 1. The van der Waals surface area contributed by atoms with Gasteiger partial charge in [-0.15, -0.1) is 12.4 Å². The smallest absolute Gasteiger partial charge is 0.240 e. The van der Waals surface area contributed by atoms with E-state index in [1.165, 1.54) is 0 Å². The van der Waals surface area contributed by atoms with E-state index in [1.54, 1.807) is 7.11 Å². The molecule has 1 aromatic heterocycles. The van der Waals surface area contributed by atoms with Crippen LogP contribution in [0.4, 0.5) is 0 Å². The quantitative estimate of drug-likeness (QED) is 0.882. The molecule has 1 aliphatic rings. The van der Waals surface area contributed by atoms with Crippen molar-refractivity contribution in [2.75, 3.05) is 26.8 Å². The molecule has 2 heterocycles. The van der Waals surface area contributed by atoms with Crippen LogP contribution in [0.3, 0.4) is 0 Å². The molecular weight excluding hydrogens is 280 g/mol. The molecule has 7 heteroatoms. The fourth-order valence-corrected chi connectivity index (χ4v) is 2.46. The first-order chi connectivity index (χ1) is 9.01. The average molecular weight is 305 g/mol. The molecule has 2 rings (SSSR count). The third kappa shape index (κ3) is 4.41. The second-order valence-electron chi connectivity index (χ2n) is 5.94. The van der Waals surface area contributed by atoms with Crippen molar-refractivity contribution in [1.29, 1.82) is 0 Å². The lowest BCUT2D eigenvalue weighted by Gasteiger charge is -2.42. The van der Waals surface area contributed by atoms with Gasteiger partial charge in [0, 0.05) is 32.7 Å². The van der Waals surface area contributed by atoms with Crippen molar-refractivity contribution in [2.24, 2.45) is 11.1 Å². The van der Waals surface area contributed by atoms with Crippen LogP contribution in [-0.2, 0) is 17.7 Å². The Morgan fingerprint density at radius 1 is 1.50 bits per heavy atom. The maximum atomic E-state index is 6.14. The SMILES string of the molecule is COCCc1noc(CN2CCC(N)C(C)(C)C2)n1.Cl. The van der Waals surface area contributed by atoms with E-state index in [9.17, 15) is 0 Å². The Kier molecular flexibility index (Phi) is 6.39. The number of methoxy groups -OCH3 is 1.